The number of carbonyl (C=O) groups excluding carboxylic acids is 1. The molecule has 3 rings (SSSR count). The van der Waals surface area contributed by atoms with Crippen LogP contribution in [0.4, 0.5) is 4.39 Å². The van der Waals surface area contributed by atoms with Crippen LogP contribution in [0.5, 0.6) is 5.75 Å². The first-order valence-electron chi connectivity index (χ1n) is 9.75. The van der Waals surface area contributed by atoms with Crippen molar-refractivity contribution in [3.05, 3.63) is 58.9 Å². The number of benzene rings is 2. The molecular formula is C21H24ClFN2O4S. The van der Waals surface area contributed by atoms with E-state index in [1.165, 1.54) is 28.6 Å². The van der Waals surface area contributed by atoms with Gasteiger partial charge in [0, 0.05) is 36.6 Å². The van der Waals surface area contributed by atoms with Crippen LogP contribution in [0.25, 0.3) is 0 Å². The fourth-order valence-corrected chi connectivity index (χ4v) is 5.20. The van der Waals surface area contributed by atoms with E-state index in [-0.39, 0.29) is 40.6 Å². The summed E-state index contributed by atoms with van der Waals surface area (Å²) in [5, 5.41) is 3.13. The molecule has 9 heteroatoms. The molecule has 0 saturated carbocycles. The fourth-order valence-electron chi connectivity index (χ4n) is 3.38. The highest BCUT2D eigenvalue weighted by Crippen LogP contribution is 2.29. The lowest BCUT2D eigenvalue weighted by Gasteiger charge is -2.30. The maximum Gasteiger partial charge on any atom is 0.243 e. The van der Waals surface area contributed by atoms with Crippen molar-refractivity contribution in [2.75, 3.05) is 19.7 Å². The first-order valence-corrected chi connectivity index (χ1v) is 11.6. The largest absolute Gasteiger partial charge is 0.494 e. The molecule has 162 valence electrons. The number of rotatable bonds is 7. The Morgan fingerprint density at radius 1 is 1.20 bits per heavy atom. The highest BCUT2D eigenvalue weighted by atomic mass is 35.5. The smallest absolute Gasteiger partial charge is 0.243 e. The molecular weight excluding hydrogens is 431 g/mol. The van der Waals surface area contributed by atoms with Gasteiger partial charge in [-0.2, -0.15) is 4.31 Å². The molecule has 0 unspecified atom stereocenters. The third-order valence-electron chi connectivity index (χ3n) is 5.00. The average Bonchev–Trinajstić information content (AvgIpc) is 2.73. The number of sulfonamides is 1. The SMILES string of the molecule is CCOc1cc(Cl)cc(S(=O)(=O)N2CCC(C(=O)NCc3ccc(F)cc3)CC2)c1. The molecule has 0 bridgehead atoms. The predicted octanol–water partition coefficient (Wildman–Crippen LogP) is 3.59. The van der Waals surface area contributed by atoms with Gasteiger partial charge in [-0.15, -0.1) is 0 Å². The van der Waals surface area contributed by atoms with Crippen molar-refractivity contribution in [2.24, 2.45) is 5.92 Å². The van der Waals surface area contributed by atoms with E-state index in [0.717, 1.165) is 5.56 Å². The number of hydrogen-bond acceptors (Lipinski definition) is 4. The second-order valence-corrected chi connectivity index (χ2v) is 9.45. The Morgan fingerprint density at radius 3 is 2.50 bits per heavy atom. The van der Waals surface area contributed by atoms with Gasteiger partial charge in [0.15, 0.2) is 0 Å². The molecule has 0 aromatic heterocycles. The summed E-state index contributed by atoms with van der Waals surface area (Å²) in [6.07, 6.45) is 0.848. The summed E-state index contributed by atoms with van der Waals surface area (Å²) in [7, 11) is -3.73. The first kappa shape index (κ1) is 22.5. The van der Waals surface area contributed by atoms with Gasteiger partial charge in [-0.3, -0.25) is 4.79 Å². The number of hydrogen-bond donors (Lipinski definition) is 1. The lowest BCUT2D eigenvalue weighted by atomic mass is 9.97. The molecule has 2 aromatic carbocycles. The van der Waals surface area contributed by atoms with E-state index in [1.54, 1.807) is 25.1 Å². The van der Waals surface area contributed by atoms with Crippen molar-refractivity contribution in [1.29, 1.82) is 0 Å². The van der Waals surface area contributed by atoms with Gasteiger partial charge in [-0.25, -0.2) is 12.8 Å². The Kier molecular flexibility index (Phi) is 7.33. The number of nitrogens with one attached hydrogen (secondary N) is 1. The second-order valence-electron chi connectivity index (χ2n) is 7.08. The van der Waals surface area contributed by atoms with E-state index in [9.17, 15) is 17.6 Å². The summed E-state index contributed by atoms with van der Waals surface area (Å²) in [6.45, 7) is 3.00. The molecule has 6 nitrogen and oxygen atoms in total. The third-order valence-corrected chi connectivity index (χ3v) is 7.09. The van der Waals surface area contributed by atoms with Gasteiger partial charge in [0.2, 0.25) is 15.9 Å². The highest BCUT2D eigenvalue weighted by molar-refractivity contribution is 7.89. The molecule has 0 radical (unpaired) electrons. The molecule has 2 aromatic rings. The minimum Gasteiger partial charge on any atom is -0.494 e. The van der Waals surface area contributed by atoms with Crippen molar-refractivity contribution in [3.63, 3.8) is 0 Å². The van der Waals surface area contributed by atoms with Crippen LogP contribution in [0.15, 0.2) is 47.4 Å². The molecule has 0 spiro atoms. The minimum atomic E-state index is -3.73. The summed E-state index contributed by atoms with van der Waals surface area (Å²) in [5.41, 5.74) is 0.802. The Bertz CT molecular complexity index is 991. The van der Waals surface area contributed by atoms with Crippen LogP contribution in [0.3, 0.4) is 0 Å². The average molecular weight is 455 g/mol. The summed E-state index contributed by atoms with van der Waals surface area (Å²) in [4.78, 5) is 12.5. The summed E-state index contributed by atoms with van der Waals surface area (Å²) in [6, 6.07) is 10.4. The van der Waals surface area contributed by atoms with Gasteiger partial charge in [0.25, 0.3) is 0 Å². The van der Waals surface area contributed by atoms with Crippen LogP contribution < -0.4 is 10.1 Å². The molecule has 0 aliphatic carbocycles. The van der Waals surface area contributed by atoms with Gasteiger partial charge in [-0.05, 0) is 49.6 Å². The maximum atomic E-state index is 13.0. The van der Waals surface area contributed by atoms with Crippen LogP contribution in [0.2, 0.25) is 5.02 Å². The van der Waals surface area contributed by atoms with E-state index in [4.69, 9.17) is 16.3 Å². The normalized spacial score (nSPS) is 15.7. The Labute approximate surface area is 181 Å². The van der Waals surface area contributed by atoms with Crippen LogP contribution in [-0.2, 0) is 21.4 Å². The van der Waals surface area contributed by atoms with Crippen molar-refractivity contribution in [1.82, 2.24) is 9.62 Å². The van der Waals surface area contributed by atoms with Gasteiger partial charge in [0.05, 0.1) is 11.5 Å². The summed E-state index contributed by atoms with van der Waals surface area (Å²) < 4.78 is 45.7. The summed E-state index contributed by atoms with van der Waals surface area (Å²) in [5.74, 6) is -0.321. The lowest BCUT2D eigenvalue weighted by molar-refractivity contribution is -0.126. The van der Waals surface area contributed by atoms with Crippen LogP contribution >= 0.6 is 11.6 Å². The van der Waals surface area contributed by atoms with E-state index in [2.05, 4.69) is 5.32 Å². The van der Waals surface area contributed by atoms with Gasteiger partial charge in [-0.1, -0.05) is 23.7 Å². The van der Waals surface area contributed by atoms with Gasteiger partial charge >= 0.3 is 0 Å². The maximum absolute atomic E-state index is 13.0. The molecule has 30 heavy (non-hydrogen) atoms. The quantitative estimate of drug-likeness (QED) is 0.693. The second kappa shape index (κ2) is 9.76. The number of halogens is 2. The van der Waals surface area contributed by atoms with Crippen molar-refractivity contribution >= 4 is 27.5 Å². The number of amides is 1. The van der Waals surface area contributed by atoms with Gasteiger partial charge in [0.1, 0.15) is 11.6 Å². The molecule has 1 amide bonds. The molecule has 1 N–H and O–H groups in total. The van der Waals surface area contributed by atoms with Crippen molar-refractivity contribution < 1.29 is 22.3 Å². The van der Waals surface area contributed by atoms with E-state index < -0.39 is 10.0 Å². The zero-order chi connectivity index (χ0) is 21.7. The van der Waals surface area contributed by atoms with Crippen molar-refractivity contribution in [2.45, 2.75) is 31.2 Å². The molecule has 1 heterocycles. The molecule has 1 fully saturated rings. The Balaban J connectivity index is 1.59. The van der Waals surface area contributed by atoms with Crippen LogP contribution in [0.1, 0.15) is 25.3 Å². The summed E-state index contributed by atoms with van der Waals surface area (Å²) >= 11 is 6.05. The standard InChI is InChI=1S/C21H24ClFN2O4S/c1-2-29-19-11-17(22)12-20(13-19)30(27,28)25-9-7-16(8-10-25)21(26)24-14-15-3-5-18(23)6-4-15/h3-6,11-13,16H,2,7-10,14H2,1H3,(H,24,26). The van der Waals surface area contributed by atoms with Crippen molar-refractivity contribution in [3.8, 4) is 5.75 Å². The van der Waals surface area contributed by atoms with Crippen LogP contribution in [0, 0.1) is 11.7 Å². The highest BCUT2D eigenvalue weighted by Gasteiger charge is 2.32. The predicted molar refractivity (Wildman–Crippen MR) is 112 cm³/mol. The topological polar surface area (TPSA) is 75.7 Å². The Morgan fingerprint density at radius 2 is 1.87 bits per heavy atom. The lowest BCUT2D eigenvalue weighted by Crippen LogP contribution is -2.42. The third kappa shape index (κ3) is 5.50. The first-order chi connectivity index (χ1) is 14.3. The Hall–Kier alpha value is -2.16. The number of piperidine rings is 1. The molecule has 0 atom stereocenters. The van der Waals surface area contributed by atoms with E-state index in [0.29, 0.717) is 31.7 Å². The minimum absolute atomic E-state index is 0.0812. The zero-order valence-corrected chi connectivity index (χ0v) is 18.2. The zero-order valence-electron chi connectivity index (χ0n) is 16.6. The molecule has 1 aliphatic heterocycles. The number of ether oxygens (including phenoxy) is 1. The van der Waals surface area contributed by atoms with E-state index >= 15 is 0 Å². The van der Waals surface area contributed by atoms with E-state index in [1.807, 2.05) is 0 Å². The van der Waals surface area contributed by atoms with Gasteiger partial charge < -0.3 is 10.1 Å². The number of nitrogens with zero attached hydrogens (tertiary/aromatic N) is 1. The van der Waals surface area contributed by atoms with Crippen LogP contribution in [-0.4, -0.2) is 38.3 Å². The molecule has 1 saturated heterocycles. The number of carbonyl (C=O) groups is 1. The molecule has 1 aliphatic rings. The fraction of sp³-hybridized carbons (Fsp3) is 0.381. The monoisotopic (exact) mass is 454 g/mol.